The van der Waals surface area contributed by atoms with Gasteiger partial charge in [0.05, 0.1) is 0 Å². The molecule has 0 spiro atoms. The first-order chi connectivity index (χ1) is 33.0. The van der Waals surface area contributed by atoms with Crippen LogP contribution in [0.15, 0.2) is 0 Å². The molecule has 0 N–H and O–H groups in total. The number of ether oxygens (including phenoxy) is 3. The summed E-state index contributed by atoms with van der Waals surface area (Å²) in [7, 11) is 0. The van der Waals surface area contributed by atoms with Crippen molar-refractivity contribution in [1.82, 2.24) is 0 Å². The van der Waals surface area contributed by atoms with Crippen molar-refractivity contribution >= 4 is 17.9 Å². The topological polar surface area (TPSA) is 78.9 Å². The molecule has 67 heavy (non-hydrogen) atoms. The van der Waals surface area contributed by atoms with Crippen molar-refractivity contribution in [2.75, 3.05) is 13.2 Å². The van der Waals surface area contributed by atoms with Gasteiger partial charge < -0.3 is 14.2 Å². The van der Waals surface area contributed by atoms with Gasteiger partial charge in [-0.05, 0) is 19.3 Å². The standard InChI is InChI=1S/C61H118O6/c1-4-7-10-13-16-19-22-25-27-29-31-33-34-36-39-42-45-48-51-54-60(63)66-57-58(56-65-59(62)53-50-47-44-41-38-24-21-18-15-12-9-6-3)67-61(64)55-52-49-46-43-40-37-35-32-30-28-26-23-20-17-14-11-8-5-2/h58H,4-57H2,1-3H3/t58-/m1/s1. The molecule has 0 amide bonds. The van der Waals surface area contributed by atoms with Gasteiger partial charge in [0.15, 0.2) is 6.10 Å². The molecule has 0 aliphatic rings. The quantitative estimate of drug-likeness (QED) is 0.0343. The first-order valence-corrected chi connectivity index (χ1v) is 30.5. The second kappa shape index (κ2) is 57.0. The van der Waals surface area contributed by atoms with E-state index in [0.717, 1.165) is 57.8 Å². The average molecular weight is 948 g/mol. The summed E-state index contributed by atoms with van der Waals surface area (Å²) in [6.07, 6.45) is 63.9. The lowest BCUT2D eigenvalue weighted by atomic mass is 10.0. The smallest absolute Gasteiger partial charge is 0.306 e. The van der Waals surface area contributed by atoms with Gasteiger partial charge in [0.25, 0.3) is 0 Å². The van der Waals surface area contributed by atoms with E-state index in [4.69, 9.17) is 14.2 Å². The summed E-state index contributed by atoms with van der Waals surface area (Å²) in [4.78, 5) is 38.2. The van der Waals surface area contributed by atoms with Crippen LogP contribution in [-0.4, -0.2) is 37.2 Å². The molecule has 0 aliphatic heterocycles. The van der Waals surface area contributed by atoms with Crippen molar-refractivity contribution in [2.45, 2.75) is 361 Å². The molecule has 6 heteroatoms. The Kier molecular flexibility index (Phi) is 55.6. The van der Waals surface area contributed by atoms with Crippen molar-refractivity contribution in [3.8, 4) is 0 Å². The molecule has 6 nitrogen and oxygen atoms in total. The van der Waals surface area contributed by atoms with E-state index in [2.05, 4.69) is 20.8 Å². The normalized spacial score (nSPS) is 11.9. The minimum absolute atomic E-state index is 0.0608. The fourth-order valence-corrected chi connectivity index (χ4v) is 9.51. The Bertz CT molecular complexity index is 998. The van der Waals surface area contributed by atoms with E-state index >= 15 is 0 Å². The SMILES string of the molecule is CCCCCCCCCCCCCCCCCCCCCC(=O)OC[C@@H](COC(=O)CCCCCCCCCCCCCC)OC(=O)CCCCCCCCCCCCCCCCCCCC. The van der Waals surface area contributed by atoms with Gasteiger partial charge in [-0.1, -0.05) is 316 Å². The van der Waals surface area contributed by atoms with Crippen LogP contribution >= 0.6 is 0 Å². The molecule has 0 aromatic heterocycles. The summed E-state index contributed by atoms with van der Waals surface area (Å²) in [6, 6.07) is 0. The molecule has 0 aromatic carbocycles. The monoisotopic (exact) mass is 947 g/mol. The summed E-state index contributed by atoms with van der Waals surface area (Å²) in [5.41, 5.74) is 0. The maximum Gasteiger partial charge on any atom is 0.306 e. The Morgan fingerprint density at radius 1 is 0.239 bits per heavy atom. The number of hydrogen-bond acceptors (Lipinski definition) is 6. The van der Waals surface area contributed by atoms with Crippen LogP contribution in [0, 0.1) is 0 Å². The molecule has 0 aromatic rings. The van der Waals surface area contributed by atoms with Crippen LogP contribution in [0.5, 0.6) is 0 Å². The molecule has 0 aliphatic carbocycles. The van der Waals surface area contributed by atoms with Crippen LogP contribution < -0.4 is 0 Å². The summed E-state index contributed by atoms with van der Waals surface area (Å²) >= 11 is 0. The minimum Gasteiger partial charge on any atom is -0.462 e. The zero-order valence-electron chi connectivity index (χ0n) is 45.7. The zero-order chi connectivity index (χ0) is 48.6. The van der Waals surface area contributed by atoms with Crippen LogP contribution in [-0.2, 0) is 28.6 Å². The Balaban J connectivity index is 4.25. The number of esters is 3. The molecule has 1 atom stereocenters. The molecule has 0 fully saturated rings. The second-order valence-corrected chi connectivity index (χ2v) is 21.0. The van der Waals surface area contributed by atoms with Gasteiger partial charge in [-0.2, -0.15) is 0 Å². The van der Waals surface area contributed by atoms with E-state index in [-0.39, 0.29) is 31.1 Å². The lowest BCUT2D eigenvalue weighted by Crippen LogP contribution is -2.30. The lowest BCUT2D eigenvalue weighted by molar-refractivity contribution is -0.167. The van der Waals surface area contributed by atoms with E-state index in [0.29, 0.717) is 19.3 Å². The molecule has 0 bridgehead atoms. The maximum absolute atomic E-state index is 12.9. The highest BCUT2D eigenvalue weighted by Gasteiger charge is 2.19. The van der Waals surface area contributed by atoms with Crippen LogP contribution in [0.1, 0.15) is 355 Å². The Morgan fingerprint density at radius 3 is 0.597 bits per heavy atom. The number of carbonyl (C=O) groups excluding carboxylic acids is 3. The number of unbranched alkanes of at least 4 members (excludes halogenated alkanes) is 46. The molecule has 398 valence electrons. The van der Waals surface area contributed by atoms with Crippen molar-refractivity contribution < 1.29 is 28.6 Å². The largest absolute Gasteiger partial charge is 0.462 e. The Hall–Kier alpha value is -1.59. The van der Waals surface area contributed by atoms with Gasteiger partial charge in [-0.15, -0.1) is 0 Å². The molecule has 0 saturated heterocycles. The summed E-state index contributed by atoms with van der Waals surface area (Å²) in [6.45, 7) is 6.72. The van der Waals surface area contributed by atoms with Crippen molar-refractivity contribution in [3.05, 3.63) is 0 Å². The zero-order valence-corrected chi connectivity index (χ0v) is 45.7. The number of carbonyl (C=O) groups is 3. The third-order valence-corrected chi connectivity index (χ3v) is 14.1. The molecular weight excluding hydrogens is 829 g/mol. The third-order valence-electron chi connectivity index (χ3n) is 14.1. The van der Waals surface area contributed by atoms with Gasteiger partial charge in [0.2, 0.25) is 0 Å². The summed E-state index contributed by atoms with van der Waals surface area (Å²) in [5.74, 6) is -0.829. The van der Waals surface area contributed by atoms with Crippen LogP contribution in [0.2, 0.25) is 0 Å². The van der Waals surface area contributed by atoms with Crippen molar-refractivity contribution in [1.29, 1.82) is 0 Å². The molecule has 0 radical (unpaired) electrons. The fourth-order valence-electron chi connectivity index (χ4n) is 9.51. The Morgan fingerprint density at radius 2 is 0.403 bits per heavy atom. The maximum atomic E-state index is 12.9. The molecule has 0 heterocycles. The molecule has 0 saturated carbocycles. The van der Waals surface area contributed by atoms with E-state index < -0.39 is 6.10 Å². The predicted octanol–water partition coefficient (Wildman–Crippen LogP) is 20.3. The van der Waals surface area contributed by atoms with Crippen LogP contribution in [0.25, 0.3) is 0 Å². The van der Waals surface area contributed by atoms with Crippen molar-refractivity contribution in [3.63, 3.8) is 0 Å². The highest BCUT2D eigenvalue weighted by molar-refractivity contribution is 5.71. The van der Waals surface area contributed by atoms with E-state index in [1.54, 1.807) is 0 Å². The molecular formula is C61H118O6. The predicted molar refractivity (Wildman–Crippen MR) is 289 cm³/mol. The summed E-state index contributed by atoms with van der Waals surface area (Å²) in [5, 5.41) is 0. The van der Waals surface area contributed by atoms with Gasteiger partial charge in [0, 0.05) is 19.3 Å². The van der Waals surface area contributed by atoms with Gasteiger partial charge in [-0.25, -0.2) is 0 Å². The van der Waals surface area contributed by atoms with Crippen molar-refractivity contribution in [2.24, 2.45) is 0 Å². The highest BCUT2D eigenvalue weighted by atomic mass is 16.6. The average Bonchev–Trinajstić information content (AvgIpc) is 3.33. The second-order valence-electron chi connectivity index (χ2n) is 21.0. The first kappa shape index (κ1) is 65.4. The highest BCUT2D eigenvalue weighted by Crippen LogP contribution is 2.18. The number of rotatable bonds is 57. The summed E-state index contributed by atoms with van der Waals surface area (Å²) < 4.78 is 16.9. The van der Waals surface area contributed by atoms with E-state index in [1.807, 2.05) is 0 Å². The number of hydrogen-bond donors (Lipinski definition) is 0. The third kappa shape index (κ3) is 55.2. The van der Waals surface area contributed by atoms with Gasteiger partial charge in [0.1, 0.15) is 13.2 Å². The molecule has 0 rings (SSSR count). The van der Waals surface area contributed by atoms with E-state index in [9.17, 15) is 14.4 Å². The Labute approximate surface area is 418 Å². The molecule has 0 unspecified atom stereocenters. The minimum atomic E-state index is -0.761. The van der Waals surface area contributed by atoms with E-state index in [1.165, 1.54) is 257 Å². The lowest BCUT2D eigenvalue weighted by Gasteiger charge is -2.18. The van der Waals surface area contributed by atoms with Gasteiger partial charge >= 0.3 is 17.9 Å². The fraction of sp³-hybridized carbons (Fsp3) is 0.951. The van der Waals surface area contributed by atoms with Gasteiger partial charge in [-0.3, -0.25) is 14.4 Å². The first-order valence-electron chi connectivity index (χ1n) is 30.5. The van der Waals surface area contributed by atoms with Crippen LogP contribution in [0.4, 0.5) is 0 Å². The van der Waals surface area contributed by atoms with Crippen LogP contribution in [0.3, 0.4) is 0 Å².